The van der Waals surface area contributed by atoms with Crippen molar-refractivity contribution in [1.82, 2.24) is 14.9 Å². The van der Waals surface area contributed by atoms with Crippen LogP contribution in [0.5, 0.6) is 0 Å². The van der Waals surface area contributed by atoms with Crippen LogP contribution in [0.25, 0.3) is 0 Å². The maximum atomic E-state index is 9.64. The molecule has 1 unspecified atom stereocenters. The summed E-state index contributed by atoms with van der Waals surface area (Å²) in [5, 5.41) is 9.64. The van der Waals surface area contributed by atoms with Gasteiger partial charge in [0.1, 0.15) is 11.6 Å². The molecule has 1 N–H and O–H groups in total. The Bertz CT molecular complexity index is 750. The van der Waals surface area contributed by atoms with Gasteiger partial charge in [-0.2, -0.15) is 0 Å². The lowest BCUT2D eigenvalue weighted by Crippen LogP contribution is -2.49. The molecule has 0 radical (unpaired) electrons. The maximum absolute atomic E-state index is 9.64. The van der Waals surface area contributed by atoms with E-state index in [1.165, 1.54) is 16.7 Å². The molecular weight excluding hydrogens is 336 g/mol. The van der Waals surface area contributed by atoms with E-state index in [4.69, 9.17) is 9.97 Å². The summed E-state index contributed by atoms with van der Waals surface area (Å²) in [6, 6.07) is 8.76. The van der Waals surface area contributed by atoms with E-state index >= 15 is 0 Å². The predicted octanol–water partition coefficient (Wildman–Crippen LogP) is 2.75. The number of hydrogen-bond acceptors (Lipinski definition) is 5. The summed E-state index contributed by atoms with van der Waals surface area (Å²) in [5.74, 6) is 1.94. The van der Waals surface area contributed by atoms with Gasteiger partial charge >= 0.3 is 0 Å². The molecule has 0 spiro atoms. The van der Waals surface area contributed by atoms with E-state index in [9.17, 15) is 5.11 Å². The van der Waals surface area contributed by atoms with Gasteiger partial charge in [-0.1, -0.05) is 36.8 Å². The van der Waals surface area contributed by atoms with E-state index in [2.05, 4.69) is 47.9 Å². The lowest BCUT2D eigenvalue weighted by molar-refractivity contribution is 0.122. The lowest BCUT2D eigenvalue weighted by Gasteiger charge is -2.37. The summed E-state index contributed by atoms with van der Waals surface area (Å²) in [5.41, 5.74) is 5.00. The summed E-state index contributed by atoms with van der Waals surface area (Å²) in [6.45, 7) is 12.7. The number of anilines is 1. The van der Waals surface area contributed by atoms with Crippen LogP contribution in [0.4, 0.5) is 5.82 Å². The molecule has 27 heavy (non-hydrogen) atoms. The molecule has 2 aromatic rings. The van der Waals surface area contributed by atoms with E-state index in [0.29, 0.717) is 0 Å². The van der Waals surface area contributed by atoms with Crippen molar-refractivity contribution in [2.45, 2.75) is 46.6 Å². The topological polar surface area (TPSA) is 52.5 Å². The molecule has 146 valence electrons. The number of aliphatic hydroxyl groups excluding tert-OH is 1. The average Bonchev–Trinajstić information content (AvgIpc) is 2.64. The van der Waals surface area contributed by atoms with Gasteiger partial charge in [-0.05, 0) is 32.8 Å². The summed E-state index contributed by atoms with van der Waals surface area (Å²) < 4.78 is 0. The molecule has 1 saturated heterocycles. The Balaban J connectivity index is 1.85. The Labute approximate surface area is 163 Å². The number of aromatic nitrogens is 2. The zero-order valence-corrected chi connectivity index (χ0v) is 17.1. The fourth-order valence-corrected chi connectivity index (χ4v) is 3.80. The van der Waals surface area contributed by atoms with Gasteiger partial charge in [0, 0.05) is 50.4 Å². The molecule has 0 aliphatic carbocycles. The first kappa shape index (κ1) is 19.8. The van der Waals surface area contributed by atoms with E-state index in [1.54, 1.807) is 0 Å². The van der Waals surface area contributed by atoms with Gasteiger partial charge in [-0.15, -0.1) is 0 Å². The van der Waals surface area contributed by atoms with Crippen molar-refractivity contribution in [3.05, 3.63) is 52.5 Å². The van der Waals surface area contributed by atoms with Crippen LogP contribution in [0.15, 0.2) is 24.3 Å². The van der Waals surface area contributed by atoms with Crippen molar-refractivity contribution >= 4 is 5.82 Å². The normalized spacial score (nSPS) is 16.6. The minimum atomic E-state index is -0.276. The third-order valence-corrected chi connectivity index (χ3v) is 5.21. The Kier molecular flexibility index (Phi) is 6.45. The summed E-state index contributed by atoms with van der Waals surface area (Å²) in [7, 11) is 0. The molecule has 1 aliphatic heterocycles. The Morgan fingerprint density at radius 1 is 1.04 bits per heavy atom. The molecule has 5 nitrogen and oxygen atoms in total. The van der Waals surface area contributed by atoms with Crippen LogP contribution in [0, 0.1) is 13.8 Å². The summed E-state index contributed by atoms with van der Waals surface area (Å²) in [4.78, 5) is 14.3. The molecule has 1 aromatic carbocycles. The molecule has 5 heteroatoms. The predicted molar refractivity (Wildman–Crippen MR) is 110 cm³/mol. The van der Waals surface area contributed by atoms with Crippen LogP contribution >= 0.6 is 0 Å². The number of hydrogen-bond donors (Lipinski definition) is 1. The van der Waals surface area contributed by atoms with Gasteiger partial charge in [0.25, 0.3) is 0 Å². The van der Waals surface area contributed by atoms with Crippen molar-refractivity contribution in [3.8, 4) is 0 Å². The molecule has 1 fully saturated rings. The van der Waals surface area contributed by atoms with Gasteiger partial charge < -0.3 is 10.0 Å². The molecule has 0 saturated carbocycles. The van der Waals surface area contributed by atoms with Crippen LogP contribution < -0.4 is 4.90 Å². The fraction of sp³-hybridized carbons (Fsp3) is 0.545. The van der Waals surface area contributed by atoms with Crippen molar-refractivity contribution in [3.63, 3.8) is 0 Å². The van der Waals surface area contributed by atoms with Crippen molar-refractivity contribution in [2.24, 2.45) is 0 Å². The molecule has 0 amide bonds. The number of β-amino-alcohol motifs (C(OH)–C–C–N with tert-alkyl or cyclic N) is 1. The molecular formula is C22H32N4O. The third kappa shape index (κ3) is 5.05. The summed E-state index contributed by atoms with van der Waals surface area (Å²) >= 11 is 0. The second kappa shape index (κ2) is 8.81. The van der Waals surface area contributed by atoms with Gasteiger partial charge in [-0.3, -0.25) is 4.90 Å². The van der Waals surface area contributed by atoms with E-state index < -0.39 is 0 Å². The second-order valence-electron chi connectivity index (χ2n) is 7.67. The van der Waals surface area contributed by atoms with Crippen LogP contribution in [0.3, 0.4) is 0 Å². The van der Waals surface area contributed by atoms with Crippen molar-refractivity contribution in [2.75, 3.05) is 37.6 Å². The third-order valence-electron chi connectivity index (χ3n) is 5.21. The fourth-order valence-electron chi connectivity index (χ4n) is 3.80. The molecule has 3 rings (SSSR count). The molecule has 1 aromatic heterocycles. The number of aliphatic hydroxyl groups is 1. The maximum Gasteiger partial charge on any atom is 0.136 e. The first-order valence-electron chi connectivity index (χ1n) is 10.0. The first-order valence-corrected chi connectivity index (χ1v) is 10.0. The van der Waals surface area contributed by atoms with Crippen LogP contribution in [-0.4, -0.2) is 58.8 Å². The number of aryl methyl sites for hydroxylation is 3. The molecule has 0 bridgehead atoms. The minimum Gasteiger partial charge on any atom is -0.392 e. The smallest absolute Gasteiger partial charge is 0.136 e. The average molecular weight is 369 g/mol. The van der Waals surface area contributed by atoms with Crippen molar-refractivity contribution < 1.29 is 5.11 Å². The van der Waals surface area contributed by atoms with E-state index in [0.717, 1.165) is 62.9 Å². The van der Waals surface area contributed by atoms with Crippen LogP contribution in [0.2, 0.25) is 0 Å². The highest BCUT2D eigenvalue weighted by Gasteiger charge is 2.23. The molecule has 1 aliphatic rings. The SMILES string of the molecule is CCc1nc(C)nc(N2CCN(CC(C)O)CC2)c1Cc1ccc(C)cc1. The first-order chi connectivity index (χ1) is 13.0. The van der Waals surface area contributed by atoms with E-state index in [1.807, 2.05) is 13.8 Å². The van der Waals surface area contributed by atoms with Gasteiger partial charge in [0.05, 0.1) is 6.10 Å². The standard InChI is InChI=1S/C22H32N4O/c1-5-21-20(14-19-8-6-16(2)7-9-19)22(24-18(4)23-21)26-12-10-25(11-13-26)15-17(3)27/h6-9,17,27H,5,10-15H2,1-4H3. The monoisotopic (exact) mass is 368 g/mol. The molecule has 2 heterocycles. The van der Waals surface area contributed by atoms with E-state index in [-0.39, 0.29) is 6.10 Å². The highest BCUT2D eigenvalue weighted by Crippen LogP contribution is 2.26. The van der Waals surface area contributed by atoms with Gasteiger partial charge in [0.2, 0.25) is 0 Å². The number of nitrogens with zero attached hydrogens (tertiary/aromatic N) is 4. The Morgan fingerprint density at radius 3 is 2.30 bits per heavy atom. The molecule has 1 atom stereocenters. The highest BCUT2D eigenvalue weighted by atomic mass is 16.3. The van der Waals surface area contributed by atoms with Gasteiger partial charge in [0.15, 0.2) is 0 Å². The number of benzene rings is 1. The van der Waals surface area contributed by atoms with Gasteiger partial charge in [-0.25, -0.2) is 9.97 Å². The number of rotatable bonds is 6. The lowest BCUT2D eigenvalue weighted by atomic mass is 10.0. The minimum absolute atomic E-state index is 0.276. The summed E-state index contributed by atoms with van der Waals surface area (Å²) in [6.07, 6.45) is 1.51. The quantitative estimate of drug-likeness (QED) is 0.850. The highest BCUT2D eigenvalue weighted by molar-refractivity contribution is 5.52. The van der Waals surface area contributed by atoms with Crippen molar-refractivity contribution in [1.29, 1.82) is 0 Å². The second-order valence-corrected chi connectivity index (χ2v) is 7.67. The number of piperazine rings is 1. The Hall–Kier alpha value is -1.98. The van der Waals surface area contributed by atoms with Crippen LogP contribution in [0.1, 0.15) is 42.1 Å². The zero-order valence-electron chi connectivity index (χ0n) is 17.1. The van der Waals surface area contributed by atoms with Crippen LogP contribution in [-0.2, 0) is 12.8 Å². The Morgan fingerprint density at radius 2 is 1.70 bits per heavy atom. The largest absolute Gasteiger partial charge is 0.392 e. The zero-order chi connectivity index (χ0) is 19.4.